The minimum absolute atomic E-state index is 0.0915. The van der Waals surface area contributed by atoms with E-state index in [4.69, 9.17) is 14.5 Å². The van der Waals surface area contributed by atoms with Gasteiger partial charge in [-0.1, -0.05) is 18.2 Å². The molecule has 1 amide bonds. The molecule has 0 saturated heterocycles. The van der Waals surface area contributed by atoms with E-state index in [1.165, 1.54) is 16.9 Å². The Bertz CT molecular complexity index is 1030. The normalized spacial score (nSPS) is 15.7. The van der Waals surface area contributed by atoms with Crippen LogP contribution >= 0.6 is 11.3 Å². The highest BCUT2D eigenvalue weighted by molar-refractivity contribution is 7.13. The summed E-state index contributed by atoms with van der Waals surface area (Å²) < 4.78 is 10.7. The Morgan fingerprint density at radius 2 is 1.97 bits per heavy atom. The van der Waals surface area contributed by atoms with Crippen LogP contribution in [0, 0.1) is 0 Å². The second-order valence-electron chi connectivity index (χ2n) is 7.17. The summed E-state index contributed by atoms with van der Waals surface area (Å²) in [5.74, 6) is 1.44. The number of benzene rings is 2. The Morgan fingerprint density at radius 1 is 1.17 bits per heavy atom. The second-order valence-corrected chi connectivity index (χ2v) is 8.03. The predicted molar refractivity (Wildman–Crippen MR) is 116 cm³/mol. The summed E-state index contributed by atoms with van der Waals surface area (Å²) >= 11 is 1.53. The summed E-state index contributed by atoms with van der Waals surface area (Å²) in [6.45, 7) is 2.12. The summed E-state index contributed by atoms with van der Waals surface area (Å²) in [6.07, 6.45) is 2.29. The molecule has 1 aromatic heterocycles. The quantitative estimate of drug-likeness (QED) is 0.612. The van der Waals surface area contributed by atoms with E-state index in [0.717, 1.165) is 34.8 Å². The van der Waals surface area contributed by atoms with E-state index in [9.17, 15) is 4.79 Å². The van der Waals surface area contributed by atoms with Gasteiger partial charge in [-0.15, -0.1) is 11.3 Å². The molecule has 2 aromatic carbocycles. The number of fused-ring (bicyclic) bond motifs is 1. The minimum atomic E-state index is 0.0915. The molecule has 1 aliphatic heterocycles. The number of methoxy groups -OCH3 is 2. The van der Waals surface area contributed by atoms with Gasteiger partial charge in [-0.3, -0.25) is 4.79 Å². The number of aromatic nitrogens is 1. The van der Waals surface area contributed by atoms with Crippen molar-refractivity contribution in [3.8, 4) is 22.1 Å². The summed E-state index contributed by atoms with van der Waals surface area (Å²) in [5, 5.41) is 2.82. The van der Waals surface area contributed by atoms with Crippen molar-refractivity contribution >= 4 is 22.9 Å². The van der Waals surface area contributed by atoms with Gasteiger partial charge in [-0.25, -0.2) is 4.98 Å². The summed E-state index contributed by atoms with van der Waals surface area (Å²) in [7, 11) is 3.23. The van der Waals surface area contributed by atoms with Gasteiger partial charge in [0.1, 0.15) is 5.01 Å². The molecule has 1 aliphatic rings. The van der Waals surface area contributed by atoms with Gasteiger partial charge in [0, 0.05) is 22.7 Å². The number of carbonyl (C=O) groups is 1. The van der Waals surface area contributed by atoms with Gasteiger partial charge in [-0.2, -0.15) is 0 Å². The van der Waals surface area contributed by atoms with Gasteiger partial charge in [0.25, 0.3) is 0 Å². The third-order valence-electron chi connectivity index (χ3n) is 5.31. The van der Waals surface area contributed by atoms with E-state index in [-0.39, 0.29) is 11.9 Å². The molecule has 150 valence electrons. The summed E-state index contributed by atoms with van der Waals surface area (Å²) in [6, 6.07) is 14.1. The van der Waals surface area contributed by atoms with E-state index in [0.29, 0.717) is 17.9 Å². The largest absolute Gasteiger partial charge is 0.493 e. The number of nitrogens with zero attached hydrogens (tertiary/aromatic N) is 2. The Morgan fingerprint density at radius 3 is 2.76 bits per heavy atom. The highest BCUT2D eigenvalue weighted by Gasteiger charge is 2.28. The zero-order valence-electron chi connectivity index (χ0n) is 16.8. The molecule has 6 heteroatoms. The topological polar surface area (TPSA) is 51.7 Å². The fourth-order valence-corrected chi connectivity index (χ4v) is 4.62. The molecule has 0 fully saturated rings. The monoisotopic (exact) mass is 408 g/mol. The number of ether oxygens (including phenoxy) is 2. The number of thiazole rings is 1. The number of hydrogen-bond donors (Lipinski definition) is 0. The molecule has 0 saturated carbocycles. The maximum Gasteiger partial charge on any atom is 0.233 e. The molecule has 0 bridgehead atoms. The number of amides is 1. The van der Waals surface area contributed by atoms with Gasteiger partial charge in [0.05, 0.1) is 26.3 Å². The standard InChI is InChI=1S/C23H24N2O3S/c1-15-8-9-16-6-4-5-7-19(16)25(15)22(26)13-18-14-29-23(24-18)17-10-11-20(27-2)21(12-17)28-3/h4-7,10-12,14-15H,8-9,13H2,1-3H3. The lowest BCUT2D eigenvalue weighted by Gasteiger charge is -2.35. The average Bonchev–Trinajstić information content (AvgIpc) is 3.21. The second kappa shape index (κ2) is 8.25. The van der Waals surface area contributed by atoms with Crippen molar-refractivity contribution in [1.82, 2.24) is 4.98 Å². The lowest BCUT2D eigenvalue weighted by atomic mass is 9.96. The smallest absolute Gasteiger partial charge is 0.233 e. The Balaban J connectivity index is 1.55. The molecule has 0 aliphatic carbocycles. The van der Waals surface area contributed by atoms with Gasteiger partial charge >= 0.3 is 0 Å². The zero-order valence-corrected chi connectivity index (χ0v) is 17.7. The van der Waals surface area contributed by atoms with E-state index < -0.39 is 0 Å². The Labute approximate surface area is 174 Å². The predicted octanol–water partition coefficient (Wildman–Crippen LogP) is 4.74. The zero-order chi connectivity index (χ0) is 20.4. The van der Waals surface area contributed by atoms with Crippen molar-refractivity contribution in [2.45, 2.75) is 32.2 Å². The first-order valence-corrected chi connectivity index (χ1v) is 10.6. The highest BCUT2D eigenvalue weighted by Crippen LogP contribution is 2.34. The van der Waals surface area contributed by atoms with Crippen LogP contribution in [0.4, 0.5) is 5.69 Å². The van der Waals surface area contributed by atoms with E-state index >= 15 is 0 Å². The first-order valence-electron chi connectivity index (χ1n) is 9.67. The Kier molecular flexibility index (Phi) is 5.53. The van der Waals surface area contributed by atoms with Crippen molar-refractivity contribution in [2.24, 2.45) is 0 Å². The van der Waals surface area contributed by atoms with Crippen LogP contribution in [-0.4, -0.2) is 31.2 Å². The van der Waals surface area contributed by atoms with Crippen molar-refractivity contribution < 1.29 is 14.3 Å². The van der Waals surface area contributed by atoms with Crippen LogP contribution in [-0.2, 0) is 17.6 Å². The molecule has 29 heavy (non-hydrogen) atoms. The van der Waals surface area contributed by atoms with Crippen LogP contribution in [0.3, 0.4) is 0 Å². The van der Waals surface area contributed by atoms with Crippen molar-refractivity contribution in [3.05, 3.63) is 59.1 Å². The number of hydrogen-bond acceptors (Lipinski definition) is 5. The van der Waals surface area contributed by atoms with Crippen LogP contribution < -0.4 is 14.4 Å². The molecule has 2 heterocycles. The lowest BCUT2D eigenvalue weighted by Crippen LogP contribution is -2.43. The van der Waals surface area contributed by atoms with E-state index in [1.54, 1.807) is 14.2 Å². The Hall–Kier alpha value is -2.86. The van der Waals surface area contributed by atoms with Crippen molar-refractivity contribution in [1.29, 1.82) is 0 Å². The third kappa shape index (κ3) is 3.85. The fraction of sp³-hybridized carbons (Fsp3) is 0.304. The van der Waals surface area contributed by atoms with Crippen LogP contribution in [0.5, 0.6) is 11.5 Å². The van der Waals surface area contributed by atoms with Crippen LogP contribution in [0.1, 0.15) is 24.6 Å². The maximum atomic E-state index is 13.1. The molecular formula is C23H24N2O3S. The molecule has 1 unspecified atom stereocenters. The molecule has 4 rings (SSSR count). The van der Waals surface area contributed by atoms with E-state index in [1.807, 2.05) is 46.7 Å². The van der Waals surface area contributed by atoms with Crippen LogP contribution in [0.25, 0.3) is 10.6 Å². The third-order valence-corrected chi connectivity index (χ3v) is 6.25. The summed E-state index contributed by atoms with van der Waals surface area (Å²) in [5.41, 5.74) is 4.01. The number of rotatable bonds is 5. The van der Waals surface area contributed by atoms with Crippen molar-refractivity contribution in [2.75, 3.05) is 19.1 Å². The van der Waals surface area contributed by atoms with Crippen molar-refractivity contribution in [3.63, 3.8) is 0 Å². The SMILES string of the molecule is COc1ccc(-c2nc(CC(=O)N3c4ccccc4CCC3C)cs2)cc1OC. The van der Waals surface area contributed by atoms with E-state index in [2.05, 4.69) is 13.0 Å². The first kappa shape index (κ1) is 19.5. The summed E-state index contributed by atoms with van der Waals surface area (Å²) in [4.78, 5) is 19.8. The van der Waals surface area contributed by atoms with Crippen LogP contribution in [0.15, 0.2) is 47.8 Å². The average molecular weight is 409 g/mol. The van der Waals surface area contributed by atoms with Crippen LogP contribution in [0.2, 0.25) is 0 Å². The number of aryl methyl sites for hydroxylation is 1. The molecular weight excluding hydrogens is 384 g/mol. The van der Waals surface area contributed by atoms with Gasteiger partial charge in [0.2, 0.25) is 5.91 Å². The number of anilines is 1. The molecule has 0 N–H and O–H groups in total. The van der Waals surface area contributed by atoms with Gasteiger partial charge < -0.3 is 14.4 Å². The minimum Gasteiger partial charge on any atom is -0.493 e. The molecule has 0 spiro atoms. The number of para-hydroxylation sites is 1. The molecule has 1 atom stereocenters. The van der Waals surface area contributed by atoms with Gasteiger partial charge in [-0.05, 0) is 49.6 Å². The molecule has 0 radical (unpaired) electrons. The highest BCUT2D eigenvalue weighted by atomic mass is 32.1. The fourth-order valence-electron chi connectivity index (χ4n) is 3.80. The molecule has 5 nitrogen and oxygen atoms in total. The maximum absolute atomic E-state index is 13.1. The lowest BCUT2D eigenvalue weighted by molar-refractivity contribution is -0.118. The number of carbonyl (C=O) groups excluding carboxylic acids is 1. The van der Waals surface area contributed by atoms with Gasteiger partial charge in [0.15, 0.2) is 11.5 Å². The first-order chi connectivity index (χ1) is 14.1. The molecule has 3 aromatic rings.